The Balaban J connectivity index is 2.23. The van der Waals surface area contributed by atoms with E-state index in [0.717, 1.165) is 24.1 Å². The lowest BCUT2D eigenvalue weighted by molar-refractivity contribution is 0.0600. The Labute approximate surface area is 139 Å². The van der Waals surface area contributed by atoms with Crippen molar-refractivity contribution in [2.45, 2.75) is 59.9 Å². The molecule has 0 aliphatic heterocycles. The zero-order valence-electron chi connectivity index (χ0n) is 15.2. The van der Waals surface area contributed by atoms with Gasteiger partial charge in [0, 0.05) is 6.04 Å². The van der Waals surface area contributed by atoms with Crippen LogP contribution in [0.4, 0.5) is 11.4 Å². The molecular weight excluding hydrogens is 288 g/mol. The van der Waals surface area contributed by atoms with Crippen LogP contribution >= 0.6 is 0 Å². The molecule has 23 heavy (non-hydrogen) atoms. The fourth-order valence-electron chi connectivity index (χ4n) is 4.35. The fraction of sp³-hybridized carbons (Fsp3) is 0.632. The summed E-state index contributed by atoms with van der Waals surface area (Å²) in [5.41, 5.74) is 9.70. The average Bonchev–Trinajstić information content (AvgIpc) is 2.38. The second-order valence-electron chi connectivity index (χ2n) is 8.50. The molecule has 0 unspecified atom stereocenters. The molecule has 0 saturated heterocycles. The summed E-state index contributed by atoms with van der Waals surface area (Å²) < 4.78 is 4.80. The topological polar surface area (TPSA) is 64.3 Å². The summed E-state index contributed by atoms with van der Waals surface area (Å²) in [6.07, 6.45) is 3.47. The van der Waals surface area contributed by atoms with Gasteiger partial charge in [0.15, 0.2) is 0 Å². The first-order valence-corrected chi connectivity index (χ1v) is 8.28. The van der Waals surface area contributed by atoms with Crippen molar-refractivity contribution < 1.29 is 9.53 Å². The van der Waals surface area contributed by atoms with E-state index in [4.69, 9.17) is 10.5 Å². The lowest BCUT2D eigenvalue weighted by atomic mass is 9.63. The van der Waals surface area contributed by atoms with E-state index in [1.54, 1.807) is 6.07 Å². The third kappa shape index (κ3) is 4.18. The smallest absolute Gasteiger partial charge is 0.338 e. The van der Waals surface area contributed by atoms with Gasteiger partial charge in [0.2, 0.25) is 0 Å². The SMILES string of the molecule is COC(=O)c1cc(N)c(NC2CC(C)(C)CC(C)(C)C2)cc1C. The van der Waals surface area contributed by atoms with Crippen LogP contribution in [0, 0.1) is 17.8 Å². The molecule has 1 aromatic rings. The van der Waals surface area contributed by atoms with E-state index in [2.05, 4.69) is 33.0 Å². The molecule has 0 amide bonds. The maximum absolute atomic E-state index is 11.8. The number of hydrogen-bond acceptors (Lipinski definition) is 4. The summed E-state index contributed by atoms with van der Waals surface area (Å²) in [7, 11) is 1.39. The average molecular weight is 318 g/mol. The first-order valence-electron chi connectivity index (χ1n) is 8.28. The molecule has 0 heterocycles. The van der Waals surface area contributed by atoms with E-state index in [0.29, 0.717) is 28.1 Å². The van der Waals surface area contributed by atoms with Crippen molar-refractivity contribution in [2.75, 3.05) is 18.2 Å². The highest BCUT2D eigenvalue weighted by Gasteiger charge is 2.38. The van der Waals surface area contributed by atoms with Gasteiger partial charge >= 0.3 is 5.97 Å². The van der Waals surface area contributed by atoms with Crippen molar-refractivity contribution in [3.05, 3.63) is 23.3 Å². The number of nitrogen functional groups attached to an aromatic ring is 1. The van der Waals surface area contributed by atoms with Crippen LogP contribution in [0.3, 0.4) is 0 Å². The Kier molecular flexibility index (Phi) is 4.65. The van der Waals surface area contributed by atoms with Crippen molar-refractivity contribution in [1.82, 2.24) is 0 Å². The monoisotopic (exact) mass is 318 g/mol. The van der Waals surface area contributed by atoms with Gasteiger partial charge in [0.25, 0.3) is 0 Å². The minimum absolute atomic E-state index is 0.315. The Morgan fingerprint density at radius 1 is 1.22 bits per heavy atom. The third-order valence-electron chi connectivity index (χ3n) is 4.72. The first kappa shape index (κ1) is 17.6. The maximum Gasteiger partial charge on any atom is 0.338 e. The Morgan fingerprint density at radius 2 is 1.78 bits per heavy atom. The van der Waals surface area contributed by atoms with E-state index in [1.165, 1.54) is 13.5 Å². The molecule has 0 spiro atoms. The normalized spacial score (nSPS) is 20.1. The summed E-state index contributed by atoms with van der Waals surface area (Å²) >= 11 is 0. The highest BCUT2D eigenvalue weighted by atomic mass is 16.5. The number of rotatable bonds is 3. The fourth-order valence-corrected chi connectivity index (χ4v) is 4.35. The largest absolute Gasteiger partial charge is 0.465 e. The van der Waals surface area contributed by atoms with E-state index in [9.17, 15) is 4.79 Å². The van der Waals surface area contributed by atoms with Gasteiger partial charge in [-0.25, -0.2) is 4.79 Å². The van der Waals surface area contributed by atoms with Gasteiger partial charge in [-0.15, -0.1) is 0 Å². The van der Waals surface area contributed by atoms with Gasteiger partial charge in [-0.1, -0.05) is 27.7 Å². The van der Waals surface area contributed by atoms with Crippen molar-refractivity contribution in [2.24, 2.45) is 10.8 Å². The number of benzene rings is 1. The van der Waals surface area contributed by atoms with Crippen LogP contribution in [0.1, 0.15) is 62.9 Å². The summed E-state index contributed by atoms with van der Waals surface area (Å²) in [5, 5.41) is 3.61. The summed E-state index contributed by atoms with van der Waals surface area (Å²) in [4.78, 5) is 11.8. The summed E-state index contributed by atoms with van der Waals surface area (Å²) in [6, 6.07) is 4.05. The molecule has 128 valence electrons. The zero-order valence-corrected chi connectivity index (χ0v) is 15.2. The number of hydrogen-bond donors (Lipinski definition) is 2. The molecule has 4 nitrogen and oxygen atoms in total. The number of aryl methyl sites for hydroxylation is 1. The van der Waals surface area contributed by atoms with Crippen molar-refractivity contribution in [3.63, 3.8) is 0 Å². The van der Waals surface area contributed by atoms with E-state index >= 15 is 0 Å². The van der Waals surface area contributed by atoms with Gasteiger partial charge in [-0.2, -0.15) is 0 Å². The first-order chi connectivity index (χ1) is 10.5. The number of carbonyl (C=O) groups is 1. The number of carbonyl (C=O) groups excluding carboxylic acids is 1. The third-order valence-corrected chi connectivity index (χ3v) is 4.72. The highest BCUT2D eigenvalue weighted by Crippen LogP contribution is 2.46. The predicted octanol–water partition coefficient (Wildman–Crippen LogP) is 4.38. The molecule has 1 aliphatic carbocycles. The molecule has 0 radical (unpaired) electrons. The molecule has 1 aliphatic rings. The van der Waals surface area contributed by atoms with E-state index in [1.807, 2.05) is 13.0 Å². The lowest BCUT2D eigenvalue weighted by Crippen LogP contribution is -2.40. The molecule has 0 atom stereocenters. The van der Waals surface area contributed by atoms with Crippen molar-refractivity contribution in [1.29, 1.82) is 0 Å². The Hall–Kier alpha value is -1.71. The van der Waals surface area contributed by atoms with Crippen LogP contribution in [-0.4, -0.2) is 19.1 Å². The quantitative estimate of drug-likeness (QED) is 0.641. The number of nitrogens with one attached hydrogen (secondary N) is 1. The summed E-state index contributed by atoms with van der Waals surface area (Å²) in [6.45, 7) is 11.2. The summed E-state index contributed by atoms with van der Waals surface area (Å²) in [5.74, 6) is -0.347. The predicted molar refractivity (Wildman–Crippen MR) is 95.8 cm³/mol. The van der Waals surface area contributed by atoms with E-state index < -0.39 is 0 Å². The molecule has 1 fully saturated rings. The van der Waals surface area contributed by atoms with Crippen LogP contribution < -0.4 is 11.1 Å². The number of ether oxygens (including phenoxy) is 1. The van der Waals surface area contributed by atoms with Gasteiger partial charge in [0.1, 0.15) is 0 Å². The molecule has 0 bridgehead atoms. The zero-order chi connectivity index (χ0) is 17.4. The Bertz CT molecular complexity index is 590. The number of nitrogens with two attached hydrogens (primary N) is 1. The van der Waals surface area contributed by atoms with Crippen LogP contribution in [0.2, 0.25) is 0 Å². The second-order valence-corrected chi connectivity index (χ2v) is 8.50. The van der Waals surface area contributed by atoms with Crippen molar-refractivity contribution >= 4 is 17.3 Å². The minimum Gasteiger partial charge on any atom is -0.465 e. The number of methoxy groups -OCH3 is 1. The minimum atomic E-state index is -0.347. The van der Waals surface area contributed by atoms with Crippen LogP contribution in [0.5, 0.6) is 0 Å². The molecule has 1 saturated carbocycles. The van der Waals surface area contributed by atoms with Gasteiger partial charge < -0.3 is 15.8 Å². The standard InChI is InChI=1S/C19H30N2O2/c1-12-7-16(15(20)8-14(12)17(22)23-6)21-13-9-18(2,3)11-19(4,5)10-13/h7-8,13,21H,9-11,20H2,1-6H3. The Morgan fingerprint density at radius 3 is 2.30 bits per heavy atom. The molecule has 3 N–H and O–H groups in total. The molecular formula is C19H30N2O2. The van der Waals surface area contributed by atoms with Crippen molar-refractivity contribution in [3.8, 4) is 0 Å². The number of esters is 1. The van der Waals surface area contributed by atoms with Crippen LogP contribution in [0.15, 0.2) is 12.1 Å². The molecule has 0 aromatic heterocycles. The van der Waals surface area contributed by atoms with E-state index in [-0.39, 0.29) is 5.97 Å². The maximum atomic E-state index is 11.8. The molecule has 1 aromatic carbocycles. The van der Waals surface area contributed by atoms with Gasteiger partial charge in [-0.3, -0.25) is 0 Å². The van der Waals surface area contributed by atoms with Crippen LogP contribution in [0.25, 0.3) is 0 Å². The molecule has 4 heteroatoms. The lowest BCUT2D eigenvalue weighted by Gasteiger charge is -2.45. The number of anilines is 2. The van der Waals surface area contributed by atoms with Crippen LogP contribution in [-0.2, 0) is 4.74 Å². The highest BCUT2D eigenvalue weighted by molar-refractivity contribution is 5.93. The second kappa shape index (κ2) is 6.06. The molecule has 2 rings (SSSR count). The van der Waals surface area contributed by atoms with Gasteiger partial charge in [0.05, 0.1) is 24.0 Å². The van der Waals surface area contributed by atoms with Gasteiger partial charge in [-0.05, 0) is 54.7 Å².